The molecule has 2 N–H and O–H groups in total. The molecular weight excluding hydrogens is 310 g/mol. The standard InChI is InChI=1S/C14H20BrNO3/c1-2-11(9-17)16-8-10-6-12(15)14-13(7-10)18-4-3-5-19-14/h6-7,11,16-17H,2-5,8-9H2,1H3. The first-order valence-electron chi connectivity index (χ1n) is 6.66. The molecule has 106 valence electrons. The highest BCUT2D eigenvalue weighted by molar-refractivity contribution is 9.10. The van der Waals surface area contributed by atoms with E-state index in [1.54, 1.807) is 0 Å². The second-order valence-electron chi connectivity index (χ2n) is 4.62. The quantitative estimate of drug-likeness (QED) is 0.871. The fourth-order valence-electron chi connectivity index (χ4n) is 1.99. The number of rotatable bonds is 5. The molecule has 0 bridgehead atoms. The second-order valence-corrected chi connectivity index (χ2v) is 5.48. The molecule has 0 fully saturated rings. The van der Waals surface area contributed by atoms with Crippen molar-refractivity contribution < 1.29 is 14.6 Å². The van der Waals surface area contributed by atoms with E-state index in [4.69, 9.17) is 9.47 Å². The summed E-state index contributed by atoms with van der Waals surface area (Å²) in [6.07, 6.45) is 1.80. The van der Waals surface area contributed by atoms with Crippen molar-refractivity contribution in [1.82, 2.24) is 5.32 Å². The molecule has 1 aliphatic heterocycles. The summed E-state index contributed by atoms with van der Waals surface area (Å²) in [5, 5.41) is 12.5. The third-order valence-corrected chi connectivity index (χ3v) is 3.76. The van der Waals surface area contributed by atoms with Gasteiger partial charge in [0.25, 0.3) is 0 Å². The molecule has 1 aliphatic rings. The van der Waals surface area contributed by atoms with Crippen LogP contribution in [0.25, 0.3) is 0 Å². The Hall–Kier alpha value is -0.780. The third-order valence-electron chi connectivity index (χ3n) is 3.17. The zero-order chi connectivity index (χ0) is 13.7. The van der Waals surface area contributed by atoms with Crippen molar-refractivity contribution in [2.75, 3.05) is 19.8 Å². The van der Waals surface area contributed by atoms with E-state index < -0.39 is 0 Å². The Labute approximate surface area is 122 Å². The second kappa shape index (κ2) is 7.12. The van der Waals surface area contributed by atoms with Gasteiger partial charge in [-0.1, -0.05) is 6.92 Å². The number of halogens is 1. The first-order chi connectivity index (χ1) is 9.24. The topological polar surface area (TPSA) is 50.7 Å². The third kappa shape index (κ3) is 3.84. The monoisotopic (exact) mass is 329 g/mol. The first-order valence-corrected chi connectivity index (χ1v) is 7.46. The van der Waals surface area contributed by atoms with Crippen LogP contribution in [0, 0.1) is 0 Å². The lowest BCUT2D eigenvalue weighted by Crippen LogP contribution is -2.31. The number of aliphatic hydroxyl groups is 1. The zero-order valence-corrected chi connectivity index (χ0v) is 12.7. The van der Waals surface area contributed by atoms with Crippen molar-refractivity contribution in [1.29, 1.82) is 0 Å². The summed E-state index contributed by atoms with van der Waals surface area (Å²) in [4.78, 5) is 0. The minimum atomic E-state index is 0.134. The van der Waals surface area contributed by atoms with E-state index in [9.17, 15) is 5.11 Å². The van der Waals surface area contributed by atoms with Crippen LogP contribution in [0.1, 0.15) is 25.3 Å². The van der Waals surface area contributed by atoms with Gasteiger partial charge < -0.3 is 19.9 Å². The van der Waals surface area contributed by atoms with Crippen LogP contribution in [0.15, 0.2) is 16.6 Å². The van der Waals surface area contributed by atoms with Gasteiger partial charge in [0.2, 0.25) is 0 Å². The predicted octanol–water partition coefficient (Wildman–Crippen LogP) is 2.47. The molecule has 1 heterocycles. The van der Waals surface area contributed by atoms with E-state index >= 15 is 0 Å². The van der Waals surface area contributed by atoms with Crippen LogP contribution in [0.4, 0.5) is 0 Å². The minimum absolute atomic E-state index is 0.134. The highest BCUT2D eigenvalue weighted by atomic mass is 79.9. The van der Waals surface area contributed by atoms with E-state index in [1.807, 2.05) is 12.1 Å². The van der Waals surface area contributed by atoms with E-state index in [1.165, 1.54) is 0 Å². The van der Waals surface area contributed by atoms with Gasteiger partial charge in [-0.3, -0.25) is 0 Å². The van der Waals surface area contributed by atoms with Gasteiger partial charge in [0.05, 0.1) is 24.3 Å². The molecule has 0 amide bonds. The van der Waals surface area contributed by atoms with Gasteiger partial charge in [-0.25, -0.2) is 0 Å². The highest BCUT2D eigenvalue weighted by Crippen LogP contribution is 2.38. The van der Waals surface area contributed by atoms with Crippen molar-refractivity contribution in [2.45, 2.75) is 32.4 Å². The van der Waals surface area contributed by atoms with E-state index in [0.29, 0.717) is 19.8 Å². The van der Waals surface area contributed by atoms with Gasteiger partial charge in [-0.15, -0.1) is 0 Å². The maximum Gasteiger partial charge on any atom is 0.175 e. The summed E-state index contributed by atoms with van der Waals surface area (Å²) < 4.78 is 12.3. The predicted molar refractivity (Wildman–Crippen MR) is 77.8 cm³/mol. The van der Waals surface area contributed by atoms with Crippen LogP contribution >= 0.6 is 15.9 Å². The Balaban J connectivity index is 2.10. The lowest BCUT2D eigenvalue weighted by Gasteiger charge is -2.16. The SMILES string of the molecule is CCC(CO)NCc1cc(Br)c2c(c1)OCCCO2. The smallest absolute Gasteiger partial charge is 0.175 e. The van der Waals surface area contributed by atoms with Crippen LogP contribution in [-0.2, 0) is 6.54 Å². The van der Waals surface area contributed by atoms with Crippen LogP contribution in [0.3, 0.4) is 0 Å². The Kier molecular flexibility index (Phi) is 5.48. The van der Waals surface area contributed by atoms with Crippen LogP contribution < -0.4 is 14.8 Å². The van der Waals surface area contributed by atoms with Gasteiger partial charge in [-0.2, -0.15) is 0 Å². The summed E-state index contributed by atoms with van der Waals surface area (Å²) in [6.45, 7) is 4.28. The van der Waals surface area contributed by atoms with E-state index in [2.05, 4.69) is 28.2 Å². The number of benzene rings is 1. The maximum absolute atomic E-state index is 9.17. The Morgan fingerprint density at radius 3 is 2.89 bits per heavy atom. The molecule has 0 saturated heterocycles. The summed E-state index contributed by atoms with van der Waals surface area (Å²) in [6, 6.07) is 4.17. The van der Waals surface area contributed by atoms with Gasteiger partial charge in [0, 0.05) is 19.0 Å². The van der Waals surface area contributed by atoms with Crippen molar-refractivity contribution >= 4 is 15.9 Å². The number of hydrogen-bond acceptors (Lipinski definition) is 4. The van der Waals surface area contributed by atoms with Crippen molar-refractivity contribution in [3.63, 3.8) is 0 Å². The highest BCUT2D eigenvalue weighted by Gasteiger charge is 2.15. The molecule has 5 heteroatoms. The molecule has 2 rings (SSSR count). The van der Waals surface area contributed by atoms with Crippen molar-refractivity contribution in [3.05, 3.63) is 22.2 Å². The fourth-order valence-corrected chi connectivity index (χ4v) is 2.59. The zero-order valence-electron chi connectivity index (χ0n) is 11.1. The minimum Gasteiger partial charge on any atom is -0.490 e. The number of nitrogens with one attached hydrogen (secondary N) is 1. The Bertz CT molecular complexity index is 421. The molecule has 0 saturated carbocycles. The average molecular weight is 330 g/mol. The molecule has 0 aromatic heterocycles. The molecule has 4 nitrogen and oxygen atoms in total. The Morgan fingerprint density at radius 1 is 1.37 bits per heavy atom. The van der Waals surface area contributed by atoms with Crippen LogP contribution in [-0.4, -0.2) is 31.0 Å². The summed E-state index contributed by atoms with van der Waals surface area (Å²) in [5.74, 6) is 1.58. The molecule has 0 spiro atoms. The molecule has 1 aromatic rings. The van der Waals surface area contributed by atoms with E-state index in [0.717, 1.165) is 34.4 Å². The molecule has 19 heavy (non-hydrogen) atoms. The van der Waals surface area contributed by atoms with Crippen LogP contribution in [0.5, 0.6) is 11.5 Å². The molecule has 1 aromatic carbocycles. The number of ether oxygens (including phenoxy) is 2. The number of aliphatic hydroxyl groups excluding tert-OH is 1. The molecule has 0 aliphatic carbocycles. The Morgan fingerprint density at radius 2 is 2.16 bits per heavy atom. The molecule has 1 atom stereocenters. The first kappa shape index (κ1) is 14.6. The summed E-state index contributed by atoms with van der Waals surface area (Å²) >= 11 is 3.53. The molecule has 1 unspecified atom stereocenters. The summed E-state index contributed by atoms with van der Waals surface area (Å²) in [7, 11) is 0. The van der Waals surface area contributed by atoms with Gasteiger partial charge in [0.1, 0.15) is 0 Å². The molecular formula is C14H20BrNO3. The number of fused-ring (bicyclic) bond motifs is 1. The molecule has 0 radical (unpaired) electrons. The normalized spacial score (nSPS) is 15.9. The summed E-state index contributed by atoms with van der Waals surface area (Å²) in [5.41, 5.74) is 1.11. The fraction of sp³-hybridized carbons (Fsp3) is 0.571. The average Bonchev–Trinajstić information content (AvgIpc) is 2.65. The van der Waals surface area contributed by atoms with Crippen molar-refractivity contribution in [3.8, 4) is 11.5 Å². The van der Waals surface area contributed by atoms with Gasteiger partial charge in [0.15, 0.2) is 11.5 Å². The maximum atomic E-state index is 9.17. The van der Waals surface area contributed by atoms with Gasteiger partial charge >= 0.3 is 0 Å². The van der Waals surface area contributed by atoms with Crippen molar-refractivity contribution in [2.24, 2.45) is 0 Å². The van der Waals surface area contributed by atoms with Gasteiger partial charge in [-0.05, 0) is 40.0 Å². The lowest BCUT2D eigenvalue weighted by atomic mass is 10.1. The number of hydrogen-bond donors (Lipinski definition) is 2. The van der Waals surface area contributed by atoms with Crippen LogP contribution in [0.2, 0.25) is 0 Å². The largest absolute Gasteiger partial charge is 0.490 e. The lowest BCUT2D eigenvalue weighted by molar-refractivity contribution is 0.238. The van der Waals surface area contributed by atoms with E-state index in [-0.39, 0.29) is 12.6 Å².